The SMILES string of the molecule is CN[C@@H](C)C(=O)N[C@H]1CN(C(=O)c2ccc(C(=O)C(C)(C)C)cc2)c2ccccc2N(Cc2c(OC)ccc3cc(Br)ccc23)C1=O.Cl. The van der Waals surface area contributed by atoms with Gasteiger partial charge in [0, 0.05) is 26.6 Å². The first-order chi connectivity index (χ1) is 22.3. The zero-order chi connectivity index (χ0) is 34.0. The molecule has 0 spiro atoms. The summed E-state index contributed by atoms with van der Waals surface area (Å²) in [6.45, 7) is 7.27. The van der Waals surface area contributed by atoms with E-state index in [1.807, 2.05) is 63.2 Å². The molecule has 0 radical (unpaired) electrons. The van der Waals surface area contributed by atoms with Crippen LogP contribution >= 0.6 is 28.3 Å². The van der Waals surface area contributed by atoms with Gasteiger partial charge in [-0.05, 0) is 67.2 Å². The molecule has 11 heteroatoms. The number of Topliss-reactive ketones (excluding diaryl/α,β-unsaturated/α-hetero) is 1. The molecule has 0 fully saturated rings. The van der Waals surface area contributed by atoms with Crippen LogP contribution in [0.2, 0.25) is 0 Å². The van der Waals surface area contributed by atoms with Crippen LogP contribution in [-0.4, -0.2) is 56.3 Å². The second-order valence-corrected chi connectivity index (χ2v) is 13.6. The molecule has 0 unspecified atom stereocenters. The summed E-state index contributed by atoms with van der Waals surface area (Å²) >= 11 is 3.54. The van der Waals surface area contributed by atoms with Crippen molar-refractivity contribution < 1.29 is 23.9 Å². The zero-order valence-electron chi connectivity index (χ0n) is 27.8. The normalized spacial score (nSPS) is 15.2. The zero-order valence-corrected chi connectivity index (χ0v) is 30.2. The van der Waals surface area contributed by atoms with Crippen molar-refractivity contribution >= 4 is 74.0 Å². The first kappa shape index (κ1) is 36.6. The van der Waals surface area contributed by atoms with Crippen LogP contribution in [0.25, 0.3) is 10.8 Å². The average molecular weight is 736 g/mol. The van der Waals surface area contributed by atoms with Gasteiger partial charge in [-0.2, -0.15) is 0 Å². The van der Waals surface area contributed by atoms with Gasteiger partial charge >= 0.3 is 0 Å². The fourth-order valence-corrected chi connectivity index (χ4v) is 6.07. The van der Waals surface area contributed by atoms with Crippen LogP contribution in [0.3, 0.4) is 0 Å². The van der Waals surface area contributed by atoms with Crippen LogP contribution in [0.4, 0.5) is 11.4 Å². The van der Waals surface area contributed by atoms with E-state index < -0.39 is 17.5 Å². The Balaban J connectivity index is 0.00000520. The van der Waals surface area contributed by atoms with Gasteiger partial charge in [0.15, 0.2) is 5.78 Å². The molecule has 2 atom stereocenters. The molecule has 2 N–H and O–H groups in total. The lowest BCUT2D eigenvalue weighted by molar-refractivity contribution is -0.128. The van der Waals surface area contributed by atoms with Crippen molar-refractivity contribution in [2.75, 3.05) is 30.5 Å². The highest BCUT2D eigenvalue weighted by molar-refractivity contribution is 9.10. The molecule has 0 bridgehead atoms. The van der Waals surface area contributed by atoms with Gasteiger partial charge in [-0.3, -0.25) is 19.2 Å². The minimum atomic E-state index is -1.06. The Bertz CT molecular complexity index is 1860. The van der Waals surface area contributed by atoms with Gasteiger partial charge in [-0.15, -0.1) is 12.4 Å². The topological polar surface area (TPSA) is 108 Å². The van der Waals surface area contributed by atoms with E-state index >= 15 is 0 Å². The third kappa shape index (κ3) is 7.41. The van der Waals surface area contributed by atoms with Crippen LogP contribution < -0.4 is 25.2 Å². The van der Waals surface area contributed by atoms with Gasteiger partial charge in [0.2, 0.25) is 5.91 Å². The van der Waals surface area contributed by atoms with E-state index in [1.54, 1.807) is 62.4 Å². The van der Waals surface area contributed by atoms with Gasteiger partial charge in [0.1, 0.15) is 11.8 Å². The fraction of sp³-hybridized carbons (Fsp3) is 0.297. The maximum atomic E-state index is 14.5. The largest absolute Gasteiger partial charge is 0.496 e. The standard InChI is InChI=1S/C37H39BrN4O5.ClH/c1-22(39-5)34(44)40-29-21-42(35(45)24-13-11-23(12-14-24)33(43)37(2,3)4)31-10-8-7-9-30(31)41(36(29)46)20-28-27-17-16-26(38)19-25(27)15-18-32(28)47-6;/h7-19,22,29,39H,20-21H2,1-6H3,(H,40,44);1H/t22-,29-;/m0./s1. The van der Waals surface area contributed by atoms with Crippen LogP contribution in [0.1, 0.15) is 54.0 Å². The van der Waals surface area contributed by atoms with E-state index in [9.17, 15) is 19.2 Å². The number of fused-ring (bicyclic) bond motifs is 2. The van der Waals surface area contributed by atoms with Crippen molar-refractivity contribution in [3.8, 4) is 5.75 Å². The summed E-state index contributed by atoms with van der Waals surface area (Å²) in [5.41, 5.74) is 2.10. The van der Waals surface area contributed by atoms with E-state index in [0.717, 1.165) is 20.8 Å². The number of para-hydroxylation sites is 2. The summed E-state index contributed by atoms with van der Waals surface area (Å²) in [6, 6.07) is 21.9. The number of nitrogens with one attached hydrogen (secondary N) is 2. The highest BCUT2D eigenvalue weighted by Gasteiger charge is 2.38. The molecule has 1 aliphatic rings. The Kier molecular flexibility index (Phi) is 11.3. The Morgan fingerprint density at radius 2 is 1.60 bits per heavy atom. The lowest BCUT2D eigenvalue weighted by atomic mass is 9.86. The van der Waals surface area contributed by atoms with Gasteiger partial charge in [-0.25, -0.2) is 0 Å². The average Bonchev–Trinajstić information content (AvgIpc) is 3.17. The molecule has 0 aromatic heterocycles. The Morgan fingerprint density at radius 1 is 0.958 bits per heavy atom. The van der Waals surface area contributed by atoms with Crippen molar-refractivity contribution in [3.63, 3.8) is 0 Å². The Hall–Kier alpha value is -4.25. The van der Waals surface area contributed by atoms with E-state index in [2.05, 4.69) is 26.6 Å². The summed E-state index contributed by atoms with van der Waals surface area (Å²) in [4.78, 5) is 58.0. The van der Waals surface area contributed by atoms with Crippen LogP contribution in [0.15, 0.2) is 83.3 Å². The van der Waals surface area contributed by atoms with Crippen molar-refractivity contribution in [2.45, 2.75) is 46.3 Å². The number of anilines is 2. The van der Waals surface area contributed by atoms with Crippen molar-refractivity contribution in [1.82, 2.24) is 10.6 Å². The summed E-state index contributed by atoms with van der Waals surface area (Å²) in [5, 5.41) is 7.67. The second-order valence-electron chi connectivity index (χ2n) is 12.7. The summed E-state index contributed by atoms with van der Waals surface area (Å²) in [5.74, 6) is -0.532. The number of hydrogen-bond donors (Lipinski definition) is 2. The van der Waals surface area contributed by atoms with Gasteiger partial charge in [0.05, 0.1) is 37.6 Å². The van der Waals surface area contributed by atoms with Gasteiger partial charge in [0.25, 0.3) is 11.8 Å². The van der Waals surface area contributed by atoms with Crippen LogP contribution in [0.5, 0.6) is 5.75 Å². The molecule has 1 heterocycles. The maximum absolute atomic E-state index is 14.5. The molecule has 3 amide bonds. The van der Waals surface area contributed by atoms with E-state index in [4.69, 9.17) is 4.74 Å². The monoisotopic (exact) mass is 734 g/mol. The summed E-state index contributed by atoms with van der Waals surface area (Å²) < 4.78 is 6.69. The number of likely N-dealkylation sites (N-methyl/N-ethyl adjacent to an activating group) is 1. The number of ether oxygens (including phenoxy) is 1. The molecule has 4 aromatic rings. The first-order valence-corrected chi connectivity index (χ1v) is 16.2. The summed E-state index contributed by atoms with van der Waals surface area (Å²) in [7, 11) is 3.25. The highest BCUT2D eigenvalue weighted by Crippen LogP contribution is 2.38. The number of nitrogens with zero attached hydrogens (tertiary/aromatic N) is 2. The number of methoxy groups -OCH3 is 1. The van der Waals surface area contributed by atoms with Crippen LogP contribution in [-0.2, 0) is 16.1 Å². The molecule has 1 aliphatic heterocycles. The second kappa shape index (κ2) is 14.9. The molecule has 5 rings (SSSR count). The molecule has 0 saturated carbocycles. The number of rotatable bonds is 8. The maximum Gasteiger partial charge on any atom is 0.258 e. The van der Waals surface area contributed by atoms with E-state index in [0.29, 0.717) is 28.3 Å². The predicted molar refractivity (Wildman–Crippen MR) is 195 cm³/mol. The van der Waals surface area contributed by atoms with Crippen molar-refractivity contribution in [3.05, 3.63) is 100 Å². The number of carbonyl (C=O) groups is 4. The molecule has 4 aromatic carbocycles. The lowest BCUT2D eigenvalue weighted by Crippen LogP contribution is -2.55. The van der Waals surface area contributed by atoms with Crippen molar-refractivity contribution in [1.29, 1.82) is 0 Å². The van der Waals surface area contributed by atoms with Crippen LogP contribution in [0, 0.1) is 5.41 Å². The highest BCUT2D eigenvalue weighted by atomic mass is 79.9. The molecule has 0 aliphatic carbocycles. The van der Waals surface area contributed by atoms with Crippen molar-refractivity contribution in [2.24, 2.45) is 5.41 Å². The smallest absolute Gasteiger partial charge is 0.258 e. The number of benzene rings is 4. The Morgan fingerprint density at radius 3 is 2.23 bits per heavy atom. The third-order valence-corrected chi connectivity index (χ3v) is 8.94. The quantitative estimate of drug-likeness (QED) is 0.199. The number of hydrogen-bond acceptors (Lipinski definition) is 6. The number of ketones is 1. The number of amides is 3. The molecule has 252 valence electrons. The molecule has 0 saturated heterocycles. The lowest BCUT2D eigenvalue weighted by Gasteiger charge is -2.27. The fourth-order valence-electron chi connectivity index (χ4n) is 5.69. The molecule has 9 nitrogen and oxygen atoms in total. The number of halogens is 2. The predicted octanol–water partition coefficient (Wildman–Crippen LogP) is 6.55. The summed E-state index contributed by atoms with van der Waals surface area (Å²) in [6.07, 6.45) is 0. The third-order valence-electron chi connectivity index (χ3n) is 8.44. The number of carbonyl (C=O) groups excluding carboxylic acids is 4. The van der Waals surface area contributed by atoms with E-state index in [1.165, 1.54) is 4.90 Å². The van der Waals surface area contributed by atoms with Gasteiger partial charge < -0.3 is 25.2 Å². The minimum Gasteiger partial charge on any atom is -0.496 e. The molecule has 48 heavy (non-hydrogen) atoms. The van der Waals surface area contributed by atoms with E-state index in [-0.39, 0.29) is 49.0 Å². The van der Waals surface area contributed by atoms with Gasteiger partial charge in [-0.1, -0.05) is 73.1 Å². The first-order valence-electron chi connectivity index (χ1n) is 15.4. The Labute approximate surface area is 295 Å². The molecular weight excluding hydrogens is 696 g/mol. The molecular formula is C37H40BrClN4O5. The minimum absolute atomic E-state index is 0.